The SMILES string of the molecule is CNC(=S)Nc1c(C)nn(Cc2cccc(Oc3ccccc3)c2)c1C. The molecular weight excluding hydrogens is 344 g/mol. The van der Waals surface area contributed by atoms with Crippen molar-refractivity contribution in [3.05, 3.63) is 71.5 Å². The Morgan fingerprint density at radius 3 is 2.54 bits per heavy atom. The van der Waals surface area contributed by atoms with Crippen molar-refractivity contribution in [1.82, 2.24) is 15.1 Å². The van der Waals surface area contributed by atoms with Crippen LogP contribution in [0, 0.1) is 13.8 Å². The van der Waals surface area contributed by atoms with Gasteiger partial charge in [-0.25, -0.2) is 0 Å². The monoisotopic (exact) mass is 366 g/mol. The first-order valence-corrected chi connectivity index (χ1v) is 8.82. The van der Waals surface area contributed by atoms with Crippen molar-refractivity contribution in [3.8, 4) is 11.5 Å². The van der Waals surface area contributed by atoms with Gasteiger partial charge in [0.1, 0.15) is 11.5 Å². The second kappa shape index (κ2) is 8.01. The summed E-state index contributed by atoms with van der Waals surface area (Å²) in [7, 11) is 1.79. The number of thiocarbonyl (C=S) groups is 1. The number of hydrogen-bond donors (Lipinski definition) is 2. The van der Waals surface area contributed by atoms with Crippen LogP contribution < -0.4 is 15.4 Å². The number of anilines is 1. The average molecular weight is 366 g/mol. The average Bonchev–Trinajstić information content (AvgIpc) is 2.90. The first-order chi connectivity index (χ1) is 12.6. The van der Waals surface area contributed by atoms with E-state index in [4.69, 9.17) is 17.0 Å². The van der Waals surface area contributed by atoms with E-state index in [1.54, 1.807) is 7.05 Å². The maximum absolute atomic E-state index is 5.92. The third-order valence-electron chi connectivity index (χ3n) is 4.06. The normalized spacial score (nSPS) is 10.4. The number of ether oxygens (including phenoxy) is 1. The molecule has 0 unspecified atom stereocenters. The molecule has 0 bridgehead atoms. The Balaban J connectivity index is 1.78. The number of hydrogen-bond acceptors (Lipinski definition) is 3. The van der Waals surface area contributed by atoms with Crippen molar-refractivity contribution >= 4 is 23.0 Å². The summed E-state index contributed by atoms with van der Waals surface area (Å²) >= 11 is 5.20. The van der Waals surface area contributed by atoms with Crippen molar-refractivity contribution in [2.75, 3.05) is 12.4 Å². The topological polar surface area (TPSA) is 51.1 Å². The Bertz CT molecular complexity index is 905. The molecule has 5 nitrogen and oxygen atoms in total. The summed E-state index contributed by atoms with van der Waals surface area (Å²) in [5.41, 5.74) is 4.01. The maximum atomic E-state index is 5.92. The minimum absolute atomic E-state index is 0.578. The summed E-state index contributed by atoms with van der Waals surface area (Å²) in [4.78, 5) is 0. The molecule has 3 aromatic rings. The highest BCUT2D eigenvalue weighted by Crippen LogP contribution is 2.24. The lowest BCUT2D eigenvalue weighted by atomic mass is 10.2. The van der Waals surface area contributed by atoms with Crippen LogP contribution in [0.3, 0.4) is 0 Å². The van der Waals surface area contributed by atoms with Crippen LogP contribution in [0.5, 0.6) is 11.5 Å². The first kappa shape index (κ1) is 17.9. The molecule has 0 fully saturated rings. The summed E-state index contributed by atoms with van der Waals surface area (Å²) < 4.78 is 7.89. The Labute approximate surface area is 159 Å². The summed E-state index contributed by atoms with van der Waals surface area (Å²) in [5, 5.41) is 11.3. The quantitative estimate of drug-likeness (QED) is 0.661. The molecule has 1 heterocycles. The minimum atomic E-state index is 0.578. The van der Waals surface area contributed by atoms with Crippen molar-refractivity contribution in [2.24, 2.45) is 0 Å². The summed E-state index contributed by atoms with van der Waals surface area (Å²) in [6.45, 7) is 4.66. The molecular formula is C20H22N4OS. The predicted molar refractivity (Wildman–Crippen MR) is 109 cm³/mol. The molecule has 0 atom stereocenters. The molecule has 3 rings (SSSR count). The van der Waals surface area contributed by atoms with E-state index in [2.05, 4.69) is 21.8 Å². The van der Waals surface area contributed by atoms with Crippen molar-refractivity contribution in [3.63, 3.8) is 0 Å². The molecule has 6 heteroatoms. The van der Waals surface area contributed by atoms with Crippen LogP contribution in [0.1, 0.15) is 17.0 Å². The number of nitrogens with zero attached hydrogens (tertiary/aromatic N) is 2. The molecule has 0 aliphatic rings. The highest BCUT2D eigenvalue weighted by Gasteiger charge is 2.13. The fourth-order valence-corrected chi connectivity index (χ4v) is 2.81. The van der Waals surface area contributed by atoms with Crippen LogP contribution in [0.4, 0.5) is 5.69 Å². The number of aromatic nitrogens is 2. The van der Waals surface area contributed by atoms with Gasteiger partial charge in [0.15, 0.2) is 5.11 Å². The van der Waals surface area contributed by atoms with E-state index in [0.717, 1.165) is 34.1 Å². The summed E-state index contributed by atoms with van der Waals surface area (Å²) in [6, 6.07) is 17.8. The zero-order valence-corrected chi connectivity index (χ0v) is 15.9. The van der Waals surface area contributed by atoms with Gasteiger partial charge >= 0.3 is 0 Å². The minimum Gasteiger partial charge on any atom is -0.457 e. The molecule has 2 aromatic carbocycles. The first-order valence-electron chi connectivity index (χ1n) is 8.41. The maximum Gasteiger partial charge on any atom is 0.170 e. The van der Waals surface area contributed by atoms with E-state index in [-0.39, 0.29) is 0 Å². The highest BCUT2D eigenvalue weighted by atomic mass is 32.1. The molecule has 2 N–H and O–H groups in total. The lowest BCUT2D eigenvalue weighted by Gasteiger charge is -2.10. The van der Waals surface area contributed by atoms with Crippen LogP contribution in [0.15, 0.2) is 54.6 Å². The van der Waals surface area contributed by atoms with Gasteiger partial charge in [0.2, 0.25) is 0 Å². The van der Waals surface area contributed by atoms with Gasteiger partial charge in [-0.1, -0.05) is 30.3 Å². The van der Waals surface area contributed by atoms with Gasteiger partial charge in [-0.2, -0.15) is 5.10 Å². The van der Waals surface area contributed by atoms with Gasteiger partial charge in [-0.05, 0) is 55.9 Å². The standard InChI is InChI=1S/C20H22N4OS/c1-14-19(22-20(26)21-3)15(2)24(23-14)13-16-8-7-11-18(12-16)25-17-9-5-4-6-10-17/h4-12H,13H2,1-3H3,(H2,21,22,26). The Hall–Kier alpha value is -2.86. The molecule has 0 saturated heterocycles. The Morgan fingerprint density at radius 2 is 1.81 bits per heavy atom. The van der Waals surface area contributed by atoms with E-state index in [0.29, 0.717) is 11.7 Å². The fraction of sp³-hybridized carbons (Fsp3) is 0.200. The second-order valence-electron chi connectivity index (χ2n) is 5.97. The summed E-state index contributed by atoms with van der Waals surface area (Å²) in [5.74, 6) is 1.63. The number of rotatable bonds is 5. The van der Waals surface area contributed by atoms with Crippen LogP contribution in [-0.2, 0) is 6.54 Å². The van der Waals surface area contributed by atoms with E-state index in [9.17, 15) is 0 Å². The highest BCUT2D eigenvalue weighted by molar-refractivity contribution is 7.80. The summed E-state index contributed by atoms with van der Waals surface area (Å²) in [6.07, 6.45) is 0. The molecule has 0 amide bonds. The van der Waals surface area contributed by atoms with Gasteiger partial charge in [0.25, 0.3) is 0 Å². The molecule has 134 valence electrons. The van der Waals surface area contributed by atoms with Crippen molar-refractivity contribution in [1.29, 1.82) is 0 Å². The molecule has 0 spiro atoms. The zero-order valence-electron chi connectivity index (χ0n) is 15.1. The number of nitrogens with one attached hydrogen (secondary N) is 2. The zero-order chi connectivity index (χ0) is 18.5. The number of benzene rings is 2. The molecule has 0 aliphatic carbocycles. The predicted octanol–water partition coefficient (Wildman–Crippen LogP) is 4.26. The molecule has 0 aliphatic heterocycles. The van der Waals surface area contributed by atoms with Crippen LogP contribution in [0.2, 0.25) is 0 Å². The van der Waals surface area contributed by atoms with Gasteiger partial charge in [0, 0.05) is 7.05 Å². The van der Waals surface area contributed by atoms with Gasteiger partial charge in [-0.15, -0.1) is 0 Å². The third-order valence-corrected chi connectivity index (χ3v) is 4.36. The van der Waals surface area contributed by atoms with Crippen LogP contribution >= 0.6 is 12.2 Å². The lowest BCUT2D eigenvalue weighted by molar-refractivity contribution is 0.481. The molecule has 0 radical (unpaired) electrons. The third kappa shape index (κ3) is 4.21. The van der Waals surface area contributed by atoms with Crippen LogP contribution in [0.25, 0.3) is 0 Å². The van der Waals surface area contributed by atoms with E-state index >= 15 is 0 Å². The van der Waals surface area contributed by atoms with Gasteiger partial charge in [0.05, 0.1) is 23.6 Å². The second-order valence-corrected chi connectivity index (χ2v) is 6.38. The molecule has 0 saturated carbocycles. The molecule has 1 aromatic heterocycles. The number of aryl methyl sites for hydroxylation is 1. The fourth-order valence-electron chi connectivity index (χ4n) is 2.71. The van der Waals surface area contributed by atoms with E-state index < -0.39 is 0 Å². The van der Waals surface area contributed by atoms with Gasteiger partial charge < -0.3 is 15.4 Å². The van der Waals surface area contributed by atoms with E-state index in [1.165, 1.54) is 0 Å². The Kier molecular flexibility index (Phi) is 5.53. The van der Waals surface area contributed by atoms with Crippen LogP contribution in [-0.4, -0.2) is 21.9 Å². The van der Waals surface area contributed by atoms with Crippen molar-refractivity contribution < 1.29 is 4.74 Å². The Morgan fingerprint density at radius 1 is 1.08 bits per heavy atom. The largest absolute Gasteiger partial charge is 0.457 e. The number of para-hydroxylation sites is 1. The lowest BCUT2D eigenvalue weighted by Crippen LogP contribution is -2.24. The molecule has 26 heavy (non-hydrogen) atoms. The van der Waals surface area contributed by atoms with E-state index in [1.807, 2.05) is 67.1 Å². The van der Waals surface area contributed by atoms with Crippen molar-refractivity contribution in [2.45, 2.75) is 20.4 Å². The smallest absolute Gasteiger partial charge is 0.170 e. The van der Waals surface area contributed by atoms with Gasteiger partial charge in [-0.3, -0.25) is 4.68 Å².